The number of carbonyl (C=O) groups excluding carboxylic acids is 1. The third-order valence-corrected chi connectivity index (χ3v) is 6.66. The Hall–Kier alpha value is -5.08. The maximum absolute atomic E-state index is 12.7. The predicted octanol–water partition coefficient (Wildman–Crippen LogP) is 1.73. The molecule has 0 unspecified atom stereocenters. The van der Waals surface area contributed by atoms with Crippen molar-refractivity contribution in [2.75, 3.05) is 6.61 Å². The molecule has 224 valence electrons. The standard InChI is InChI=1S/C30H26O13/c31-16-5-3-15(4-6-16)22-12-21(35)26-20(34)10-17(11-23(26)42-22)41-30-29(39)28(38)27(37)24(43-30)13-40-25(36)8-2-14-1-7-18(32)19(33)9-14/h1-12,24,27-34,37-39H,13H2/b8-2+/t24-,27-,28+,29-,30-/m1/s1. The minimum absolute atomic E-state index is 0.0123. The van der Waals surface area contributed by atoms with Crippen LogP contribution >= 0.6 is 0 Å². The van der Waals surface area contributed by atoms with Crippen LogP contribution in [0.1, 0.15) is 5.56 Å². The molecule has 1 aromatic heterocycles. The van der Waals surface area contributed by atoms with Crippen molar-refractivity contribution in [3.05, 3.63) is 82.5 Å². The van der Waals surface area contributed by atoms with E-state index in [-0.39, 0.29) is 39.7 Å². The number of rotatable bonds is 7. The number of phenolic OH excluding ortho intramolecular Hbond substituents is 4. The molecular weight excluding hydrogens is 568 g/mol. The number of ether oxygens (including phenoxy) is 3. The van der Waals surface area contributed by atoms with Gasteiger partial charge in [-0.15, -0.1) is 0 Å². The van der Waals surface area contributed by atoms with Crippen LogP contribution in [0.3, 0.4) is 0 Å². The number of aliphatic hydroxyl groups is 3. The highest BCUT2D eigenvalue weighted by atomic mass is 16.7. The maximum atomic E-state index is 12.7. The maximum Gasteiger partial charge on any atom is 0.330 e. The zero-order valence-electron chi connectivity index (χ0n) is 22.1. The molecule has 43 heavy (non-hydrogen) atoms. The van der Waals surface area contributed by atoms with Crippen LogP contribution in [-0.4, -0.2) is 79.0 Å². The summed E-state index contributed by atoms with van der Waals surface area (Å²) < 4.78 is 22.1. The number of aromatic hydroxyl groups is 4. The molecular formula is C30H26O13. The van der Waals surface area contributed by atoms with Gasteiger partial charge in [0.25, 0.3) is 0 Å². The third-order valence-electron chi connectivity index (χ3n) is 6.66. The van der Waals surface area contributed by atoms with Crippen LogP contribution in [0.5, 0.6) is 28.7 Å². The van der Waals surface area contributed by atoms with Gasteiger partial charge in [0.1, 0.15) is 65.0 Å². The van der Waals surface area contributed by atoms with E-state index in [0.717, 1.165) is 12.1 Å². The molecule has 1 aliphatic heterocycles. The first-order valence-electron chi connectivity index (χ1n) is 12.8. The largest absolute Gasteiger partial charge is 0.508 e. The molecule has 0 saturated carbocycles. The highest BCUT2D eigenvalue weighted by Crippen LogP contribution is 2.33. The lowest BCUT2D eigenvalue weighted by atomic mass is 9.99. The lowest BCUT2D eigenvalue weighted by Gasteiger charge is -2.39. The summed E-state index contributed by atoms with van der Waals surface area (Å²) in [7, 11) is 0. The van der Waals surface area contributed by atoms with Gasteiger partial charge in [-0.3, -0.25) is 4.79 Å². The normalized spacial score (nSPS) is 22.1. The molecule has 1 aliphatic rings. The van der Waals surface area contributed by atoms with E-state index in [4.69, 9.17) is 18.6 Å². The highest BCUT2D eigenvalue weighted by Gasteiger charge is 2.45. The Kier molecular flexibility index (Phi) is 8.23. The van der Waals surface area contributed by atoms with Gasteiger partial charge in [-0.1, -0.05) is 6.07 Å². The van der Waals surface area contributed by atoms with E-state index >= 15 is 0 Å². The lowest BCUT2D eigenvalue weighted by Crippen LogP contribution is -2.60. The van der Waals surface area contributed by atoms with E-state index in [2.05, 4.69) is 0 Å². The van der Waals surface area contributed by atoms with Crippen molar-refractivity contribution in [3.63, 3.8) is 0 Å². The number of fused-ring (bicyclic) bond motifs is 1. The first-order valence-corrected chi connectivity index (χ1v) is 12.8. The number of hydrogen-bond donors (Lipinski definition) is 7. The monoisotopic (exact) mass is 594 g/mol. The average molecular weight is 595 g/mol. The number of esters is 1. The van der Waals surface area contributed by atoms with Gasteiger partial charge in [-0.2, -0.15) is 0 Å². The van der Waals surface area contributed by atoms with Gasteiger partial charge >= 0.3 is 5.97 Å². The lowest BCUT2D eigenvalue weighted by molar-refractivity contribution is -0.278. The summed E-state index contributed by atoms with van der Waals surface area (Å²) in [6.07, 6.45) is -5.83. The quantitative estimate of drug-likeness (QED) is 0.0923. The molecule has 0 radical (unpaired) electrons. The Morgan fingerprint density at radius 1 is 0.837 bits per heavy atom. The van der Waals surface area contributed by atoms with Crippen molar-refractivity contribution >= 4 is 23.0 Å². The molecule has 5 rings (SSSR count). The summed E-state index contributed by atoms with van der Waals surface area (Å²) in [4.78, 5) is 24.9. The van der Waals surface area contributed by atoms with Crippen LogP contribution < -0.4 is 10.2 Å². The number of phenols is 4. The number of hydrogen-bond acceptors (Lipinski definition) is 13. The van der Waals surface area contributed by atoms with E-state index in [9.17, 15) is 45.3 Å². The zero-order valence-corrected chi connectivity index (χ0v) is 22.1. The summed E-state index contributed by atoms with van der Waals surface area (Å²) in [5.41, 5.74) is 0.228. The first kappa shape index (κ1) is 29.4. The fraction of sp³-hybridized carbons (Fsp3) is 0.200. The summed E-state index contributed by atoms with van der Waals surface area (Å²) in [6.45, 7) is -0.553. The minimum atomic E-state index is -1.77. The summed E-state index contributed by atoms with van der Waals surface area (Å²) >= 11 is 0. The van der Waals surface area contributed by atoms with Crippen LogP contribution in [0.2, 0.25) is 0 Å². The van der Waals surface area contributed by atoms with E-state index < -0.39 is 54.5 Å². The highest BCUT2D eigenvalue weighted by molar-refractivity contribution is 5.87. The van der Waals surface area contributed by atoms with Crippen LogP contribution in [0.4, 0.5) is 0 Å². The molecule has 2 heterocycles. The molecule has 0 bridgehead atoms. The average Bonchev–Trinajstić information content (AvgIpc) is 2.97. The molecule has 3 aromatic carbocycles. The third kappa shape index (κ3) is 6.39. The fourth-order valence-corrected chi connectivity index (χ4v) is 4.39. The van der Waals surface area contributed by atoms with Crippen molar-refractivity contribution in [1.82, 2.24) is 0 Å². The van der Waals surface area contributed by atoms with Crippen molar-refractivity contribution in [2.45, 2.75) is 30.7 Å². The van der Waals surface area contributed by atoms with Crippen molar-refractivity contribution in [3.8, 4) is 40.1 Å². The summed E-state index contributed by atoms with van der Waals surface area (Å²) in [5, 5.41) is 70.1. The Labute approximate surface area is 242 Å². The fourth-order valence-electron chi connectivity index (χ4n) is 4.39. The van der Waals surface area contributed by atoms with E-state index in [0.29, 0.717) is 11.1 Å². The molecule has 13 heteroatoms. The molecule has 4 aromatic rings. The van der Waals surface area contributed by atoms with Gasteiger partial charge in [0.15, 0.2) is 16.9 Å². The van der Waals surface area contributed by atoms with Gasteiger partial charge < -0.3 is 54.4 Å². The second kappa shape index (κ2) is 12.0. The first-order chi connectivity index (χ1) is 20.5. The van der Waals surface area contributed by atoms with Crippen LogP contribution in [0, 0.1) is 0 Å². The van der Waals surface area contributed by atoms with Gasteiger partial charge in [-0.25, -0.2) is 4.79 Å². The van der Waals surface area contributed by atoms with Crippen LogP contribution in [0.15, 0.2) is 76.0 Å². The van der Waals surface area contributed by atoms with Crippen LogP contribution in [-0.2, 0) is 14.3 Å². The van der Waals surface area contributed by atoms with Gasteiger partial charge in [-0.05, 0) is 48.0 Å². The Morgan fingerprint density at radius 3 is 2.30 bits per heavy atom. The molecule has 1 fully saturated rings. The number of aliphatic hydroxyl groups excluding tert-OH is 3. The molecule has 0 spiro atoms. The Balaban J connectivity index is 1.31. The van der Waals surface area contributed by atoms with Gasteiger partial charge in [0, 0.05) is 29.8 Å². The summed E-state index contributed by atoms with van der Waals surface area (Å²) in [5.74, 6) is -2.04. The SMILES string of the molecule is O=C(/C=C/c1ccc(O)c(O)c1)OC[C@H]1O[C@@H](Oc2cc(O)c3c(=O)cc(-c4ccc(O)cc4)oc3c2)[C@H](O)[C@@H](O)[C@@H]1O. The van der Waals surface area contributed by atoms with E-state index in [1.54, 1.807) is 0 Å². The van der Waals surface area contributed by atoms with Gasteiger partial charge in [0.05, 0.1) is 0 Å². The topological polar surface area (TPSA) is 217 Å². The summed E-state index contributed by atoms with van der Waals surface area (Å²) in [6, 6.07) is 13.3. The smallest absolute Gasteiger partial charge is 0.330 e. The molecule has 0 aliphatic carbocycles. The molecule has 7 N–H and O–H groups in total. The Bertz CT molecular complexity index is 1730. The van der Waals surface area contributed by atoms with Crippen molar-refractivity contribution in [2.24, 2.45) is 0 Å². The molecule has 13 nitrogen and oxygen atoms in total. The number of carbonyl (C=O) groups is 1. The van der Waals surface area contributed by atoms with Crippen molar-refractivity contribution < 1.29 is 59.2 Å². The second-order valence-corrected chi connectivity index (χ2v) is 9.68. The number of benzene rings is 3. The zero-order chi connectivity index (χ0) is 30.8. The predicted molar refractivity (Wildman–Crippen MR) is 148 cm³/mol. The van der Waals surface area contributed by atoms with Crippen LogP contribution in [0.25, 0.3) is 28.4 Å². The Morgan fingerprint density at radius 2 is 1.58 bits per heavy atom. The molecule has 0 amide bonds. The van der Waals surface area contributed by atoms with Crippen molar-refractivity contribution in [1.29, 1.82) is 0 Å². The minimum Gasteiger partial charge on any atom is -0.508 e. The second-order valence-electron chi connectivity index (χ2n) is 9.68. The van der Waals surface area contributed by atoms with E-state index in [1.165, 1.54) is 60.7 Å². The van der Waals surface area contributed by atoms with Gasteiger partial charge in [0.2, 0.25) is 6.29 Å². The molecule has 5 atom stereocenters. The molecule has 1 saturated heterocycles. The van der Waals surface area contributed by atoms with E-state index in [1.807, 2.05) is 0 Å².